The summed E-state index contributed by atoms with van der Waals surface area (Å²) in [6.07, 6.45) is 1.10. The fourth-order valence-electron chi connectivity index (χ4n) is 1.19. The zero-order valence-corrected chi connectivity index (χ0v) is 9.21. The predicted molar refractivity (Wildman–Crippen MR) is 55.0 cm³/mol. The van der Waals surface area contributed by atoms with Crippen molar-refractivity contribution in [2.45, 2.75) is 33.2 Å². The Morgan fingerprint density at radius 1 is 1.27 bits per heavy atom. The van der Waals surface area contributed by atoms with Gasteiger partial charge >= 0.3 is 0 Å². The fourth-order valence-corrected chi connectivity index (χ4v) is 1.50. The molecule has 0 bridgehead atoms. The molecule has 0 rings (SSSR count). The summed E-state index contributed by atoms with van der Waals surface area (Å²) < 4.78 is 0. The van der Waals surface area contributed by atoms with Crippen molar-refractivity contribution in [2.24, 2.45) is 0 Å². The molecule has 3 heteroatoms. The average Bonchev–Trinajstić information content (AvgIpc) is 1.91. The second-order valence-electron chi connectivity index (χ2n) is 2.55. The fraction of sp³-hybridized carbons (Fsp3) is 1.00. The largest absolute Gasteiger partial charge is 0.301 e. The van der Waals surface area contributed by atoms with Crippen LogP contribution >= 0.6 is 24.0 Å². The van der Waals surface area contributed by atoms with Gasteiger partial charge in [0.05, 0.1) is 0 Å². The lowest BCUT2D eigenvalue weighted by atomic mass is 10.2. The number of nitrogens with zero attached hydrogens (tertiary/aromatic N) is 1. The summed E-state index contributed by atoms with van der Waals surface area (Å²) in [5, 5.41) is 0. The first kappa shape index (κ1) is 14.1. The number of halogens is 2. The molecule has 1 nitrogen and oxygen atoms in total. The van der Waals surface area contributed by atoms with Gasteiger partial charge in [0.2, 0.25) is 0 Å². The van der Waals surface area contributed by atoms with Crippen molar-refractivity contribution in [1.82, 2.24) is 4.90 Å². The van der Waals surface area contributed by atoms with Crippen molar-refractivity contribution >= 4 is 24.0 Å². The van der Waals surface area contributed by atoms with Crippen LogP contribution in [0.2, 0.25) is 0 Å². The third-order valence-electron chi connectivity index (χ3n) is 1.96. The first-order chi connectivity index (χ1) is 4.76. The van der Waals surface area contributed by atoms with Gasteiger partial charge in [-0.3, -0.25) is 0 Å². The molecule has 0 amide bonds. The number of hydrogen-bond acceptors (Lipinski definition) is 1. The van der Waals surface area contributed by atoms with Gasteiger partial charge in [0.1, 0.15) is 0 Å². The smallest absolute Gasteiger partial charge is 0.0238 e. The third kappa shape index (κ3) is 5.77. The second kappa shape index (κ2) is 8.63. The molecule has 0 aromatic carbocycles. The minimum absolute atomic E-state index is 0. The van der Waals surface area contributed by atoms with Crippen LogP contribution in [-0.4, -0.2) is 29.9 Å². The molecule has 1 unspecified atom stereocenters. The van der Waals surface area contributed by atoms with Crippen molar-refractivity contribution in [1.29, 1.82) is 0 Å². The van der Waals surface area contributed by atoms with Crippen molar-refractivity contribution in [2.75, 3.05) is 19.0 Å². The van der Waals surface area contributed by atoms with Crippen LogP contribution in [0.25, 0.3) is 0 Å². The Bertz CT molecular complexity index is 74.5. The number of rotatable bonds is 5. The van der Waals surface area contributed by atoms with Gasteiger partial charge in [-0.25, -0.2) is 0 Å². The first-order valence-electron chi connectivity index (χ1n) is 4.06. The molecule has 0 aliphatic carbocycles. The van der Waals surface area contributed by atoms with Crippen molar-refractivity contribution < 1.29 is 0 Å². The van der Waals surface area contributed by atoms with E-state index in [0.29, 0.717) is 6.04 Å². The monoisotopic (exact) mass is 199 g/mol. The Morgan fingerprint density at radius 2 is 1.73 bits per heavy atom. The highest BCUT2D eigenvalue weighted by Crippen LogP contribution is 2.03. The second-order valence-corrected chi connectivity index (χ2v) is 2.93. The summed E-state index contributed by atoms with van der Waals surface area (Å²) in [5.74, 6) is 0.775. The molecule has 0 radical (unpaired) electrons. The molecule has 11 heavy (non-hydrogen) atoms. The zero-order valence-electron chi connectivity index (χ0n) is 7.64. The van der Waals surface area contributed by atoms with E-state index in [1.54, 1.807) is 0 Å². The Kier molecular flexibility index (Phi) is 11.1. The van der Waals surface area contributed by atoms with Crippen molar-refractivity contribution in [3.8, 4) is 0 Å². The Morgan fingerprint density at radius 3 is 2.00 bits per heavy atom. The van der Waals surface area contributed by atoms with Gasteiger partial charge < -0.3 is 4.90 Å². The van der Waals surface area contributed by atoms with E-state index < -0.39 is 0 Å². The van der Waals surface area contributed by atoms with Crippen LogP contribution in [0.5, 0.6) is 0 Å². The van der Waals surface area contributed by atoms with E-state index in [-0.39, 0.29) is 12.4 Å². The summed E-state index contributed by atoms with van der Waals surface area (Å²) in [6.45, 7) is 8.88. The Labute approximate surface area is 81.5 Å². The van der Waals surface area contributed by atoms with Crippen LogP contribution in [0, 0.1) is 0 Å². The van der Waals surface area contributed by atoms with Gasteiger partial charge in [-0.15, -0.1) is 24.0 Å². The van der Waals surface area contributed by atoms with E-state index in [0.717, 1.165) is 25.4 Å². The molecule has 0 saturated heterocycles. The Balaban J connectivity index is 0. The van der Waals surface area contributed by atoms with E-state index in [1.807, 2.05) is 0 Å². The maximum Gasteiger partial charge on any atom is 0.0238 e. The Hall–Kier alpha value is 0.540. The van der Waals surface area contributed by atoms with Gasteiger partial charge in [0.15, 0.2) is 0 Å². The summed E-state index contributed by atoms with van der Waals surface area (Å²) in [7, 11) is 0. The molecule has 70 valence electrons. The molecule has 0 aliphatic rings. The van der Waals surface area contributed by atoms with Crippen LogP contribution in [0.4, 0.5) is 0 Å². The predicted octanol–water partition coefficient (Wildman–Crippen LogP) is 2.77. The molecule has 0 heterocycles. The molecular formula is C8H19Cl2N. The molecule has 1 atom stereocenters. The minimum atomic E-state index is 0. The number of alkyl halides is 1. The van der Waals surface area contributed by atoms with Gasteiger partial charge in [-0.05, 0) is 26.4 Å². The molecule has 0 spiro atoms. The van der Waals surface area contributed by atoms with E-state index in [9.17, 15) is 0 Å². The maximum absolute atomic E-state index is 5.63. The lowest BCUT2D eigenvalue weighted by Crippen LogP contribution is -2.32. The SMILES string of the molecule is CCN(CC)C(C)CCCl.Cl. The molecule has 0 aliphatic heterocycles. The molecule has 0 N–H and O–H groups in total. The zero-order chi connectivity index (χ0) is 7.98. The van der Waals surface area contributed by atoms with E-state index in [1.165, 1.54) is 0 Å². The van der Waals surface area contributed by atoms with Crippen molar-refractivity contribution in [3.05, 3.63) is 0 Å². The van der Waals surface area contributed by atoms with Crippen LogP contribution in [0.1, 0.15) is 27.2 Å². The van der Waals surface area contributed by atoms with Gasteiger partial charge in [0, 0.05) is 11.9 Å². The highest BCUT2D eigenvalue weighted by atomic mass is 35.5. The third-order valence-corrected chi connectivity index (χ3v) is 2.18. The van der Waals surface area contributed by atoms with E-state index >= 15 is 0 Å². The lowest BCUT2D eigenvalue weighted by molar-refractivity contribution is 0.227. The van der Waals surface area contributed by atoms with E-state index in [4.69, 9.17) is 11.6 Å². The molecule has 0 saturated carbocycles. The van der Waals surface area contributed by atoms with Crippen LogP contribution < -0.4 is 0 Å². The topological polar surface area (TPSA) is 3.24 Å². The number of hydrogen-bond donors (Lipinski definition) is 0. The van der Waals surface area contributed by atoms with Gasteiger partial charge in [-0.2, -0.15) is 0 Å². The minimum Gasteiger partial charge on any atom is -0.301 e. The van der Waals surface area contributed by atoms with Gasteiger partial charge in [-0.1, -0.05) is 13.8 Å². The normalized spacial score (nSPS) is 12.8. The highest BCUT2D eigenvalue weighted by Gasteiger charge is 2.07. The summed E-state index contributed by atoms with van der Waals surface area (Å²) in [5.41, 5.74) is 0. The standard InChI is InChI=1S/C8H18ClN.ClH/c1-4-10(5-2)8(3)6-7-9;/h8H,4-7H2,1-3H3;1H. The van der Waals surface area contributed by atoms with E-state index in [2.05, 4.69) is 25.7 Å². The maximum atomic E-state index is 5.63. The molecule has 0 fully saturated rings. The highest BCUT2D eigenvalue weighted by molar-refractivity contribution is 6.17. The summed E-state index contributed by atoms with van der Waals surface area (Å²) in [6, 6.07) is 0.646. The molecule has 0 aromatic heterocycles. The summed E-state index contributed by atoms with van der Waals surface area (Å²) >= 11 is 5.63. The molecular weight excluding hydrogens is 181 g/mol. The quantitative estimate of drug-likeness (QED) is 0.617. The summed E-state index contributed by atoms with van der Waals surface area (Å²) in [4.78, 5) is 2.42. The first-order valence-corrected chi connectivity index (χ1v) is 4.59. The van der Waals surface area contributed by atoms with Crippen molar-refractivity contribution in [3.63, 3.8) is 0 Å². The van der Waals surface area contributed by atoms with Crippen LogP contribution in [0.15, 0.2) is 0 Å². The van der Waals surface area contributed by atoms with Crippen LogP contribution in [-0.2, 0) is 0 Å². The average molecular weight is 200 g/mol. The molecule has 0 aromatic rings. The van der Waals surface area contributed by atoms with Gasteiger partial charge in [0.25, 0.3) is 0 Å². The van der Waals surface area contributed by atoms with Crippen LogP contribution in [0.3, 0.4) is 0 Å². The lowest BCUT2D eigenvalue weighted by Gasteiger charge is -2.25.